The second-order valence-corrected chi connectivity index (χ2v) is 8.42. The molecule has 1 N–H and O–H groups in total. The van der Waals surface area contributed by atoms with Crippen molar-refractivity contribution in [3.05, 3.63) is 89.0 Å². The van der Waals surface area contributed by atoms with Crippen molar-refractivity contribution in [1.82, 2.24) is 0 Å². The van der Waals surface area contributed by atoms with Crippen molar-refractivity contribution < 1.29 is 27.6 Å². The van der Waals surface area contributed by atoms with Gasteiger partial charge in [0.2, 0.25) is 0 Å². The summed E-state index contributed by atoms with van der Waals surface area (Å²) in [6, 6.07) is 15.6. The van der Waals surface area contributed by atoms with E-state index < -0.39 is 29.5 Å². The minimum absolute atomic E-state index is 0.0798. The Labute approximate surface area is 199 Å². The average Bonchev–Trinajstić information content (AvgIpc) is 3.46. The third-order valence-corrected chi connectivity index (χ3v) is 6.20. The zero-order valence-corrected chi connectivity index (χ0v) is 18.4. The van der Waals surface area contributed by atoms with Crippen LogP contribution in [0.25, 0.3) is 0 Å². The van der Waals surface area contributed by atoms with Gasteiger partial charge in [0, 0.05) is 18.7 Å². The highest BCUT2D eigenvalue weighted by Gasteiger charge is 2.36. The molecule has 0 radical (unpaired) electrons. The molecule has 0 saturated carbocycles. The number of rotatable bonds is 4. The molecule has 0 aliphatic carbocycles. The van der Waals surface area contributed by atoms with Gasteiger partial charge in [0.05, 0.1) is 33.8 Å². The van der Waals surface area contributed by atoms with Crippen LogP contribution in [0, 0.1) is 0 Å². The summed E-state index contributed by atoms with van der Waals surface area (Å²) in [5.74, 6) is -1.51. The first-order valence-electron chi connectivity index (χ1n) is 11.1. The number of nitrogens with zero attached hydrogens (tertiary/aromatic N) is 2. The third-order valence-electron chi connectivity index (χ3n) is 6.20. The summed E-state index contributed by atoms with van der Waals surface area (Å²) in [7, 11) is 0. The average molecular weight is 479 g/mol. The molecular formula is C26H20F3N3O3. The number of fused-ring (bicyclic) bond motifs is 1. The van der Waals surface area contributed by atoms with Gasteiger partial charge in [-0.2, -0.15) is 13.2 Å². The molecule has 3 aromatic rings. The molecule has 0 spiro atoms. The highest BCUT2D eigenvalue weighted by Crippen LogP contribution is 2.37. The summed E-state index contributed by atoms with van der Waals surface area (Å²) >= 11 is 0. The molecule has 1 saturated heterocycles. The summed E-state index contributed by atoms with van der Waals surface area (Å²) < 4.78 is 39.9. The predicted molar refractivity (Wildman–Crippen MR) is 125 cm³/mol. The minimum atomic E-state index is -4.54. The fourth-order valence-electron chi connectivity index (χ4n) is 4.43. The van der Waals surface area contributed by atoms with E-state index in [4.69, 9.17) is 0 Å². The summed E-state index contributed by atoms with van der Waals surface area (Å²) in [6.45, 7) is 1.40. The smallest absolute Gasteiger partial charge is 0.370 e. The topological polar surface area (TPSA) is 69.7 Å². The van der Waals surface area contributed by atoms with E-state index in [0.29, 0.717) is 35.6 Å². The molecule has 5 rings (SSSR count). The van der Waals surface area contributed by atoms with Crippen molar-refractivity contribution in [2.75, 3.05) is 28.2 Å². The molecule has 0 unspecified atom stereocenters. The van der Waals surface area contributed by atoms with Crippen LogP contribution in [0.3, 0.4) is 0 Å². The van der Waals surface area contributed by atoms with Crippen LogP contribution in [0.2, 0.25) is 0 Å². The van der Waals surface area contributed by atoms with Gasteiger partial charge in [-0.05, 0) is 67.4 Å². The maximum atomic E-state index is 13.3. The van der Waals surface area contributed by atoms with Crippen LogP contribution in [-0.4, -0.2) is 30.8 Å². The second-order valence-electron chi connectivity index (χ2n) is 8.42. The Morgan fingerprint density at radius 3 is 2.00 bits per heavy atom. The number of hydrogen-bond donors (Lipinski definition) is 1. The molecule has 3 amide bonds. The lowest BCUT2D eigenvalue weighted by atomic mass is 10.1. The third kappa shape index (κ3) is 4.14. The number of imide groups is 1. The van der Waals surface area contributed by atoms with Gasteiger partial charge in [0.15, 0.2) is 0 Å². The number of amides is 3. The SMILES string of the molecule is O=C(Nc1cc(C(F)(F)F)ccc1N1CCCC1)c1ccc(N2C(=O)c3ccccc3C2=O)cc1. The maximum Gasteiger partial charge on any atom is 0.416 e. The van der Waals surface area contributed by atoms with Crippen molar-refractivity contribution in [2.45, 2.75) is 19.0 Å². The standard InChI is InChI=1S/C26H20F3N3O3/c27-26(28,29)17-9-12-22(31-13-3-4-14-31)21(15-17)30-23(33)16-7-10-18(11-8-16)32-24(34)19-5-1-2-6-20(19)25(32)35/h1-2,5-12,15H,3-4,13-14H2,(H,30,33). The van der Waals surface area contributed by atoms with Crippen LogP contribution in [-0.2, 0) is 6.18 Å². The molecular weight excluding hydrogens is 459 g/mol. The molecule has 35 heavy (non-hydrogen) atoms. The van der Waals surface area contributed by atoms with E-state index in [1.807, 2.05) is 4.90 Å². The van der Waals surface area contributed by atoms with Crippen LogP contribution in [0.15, 0.2) is 66.7 Å². The molecule has 2 aliphatic rings. The van der Waals surface area contributed by atoms with Gasteiger partial charge in [-0.25, -0.2) is 4.90 Å². The van der Waals surface area contributed by atoms with E-state index in [1.165, 1.54) is 30.3 Å². The van der Waals surface area contributed by atoms with Crippen LogP contribution >= 0.6 is 0 Å². The highest BCUT2D eigenvalue weighted by atomic mass is 19.4. The molecule has 178 valence electrons. The van der Waals surface area contributed by atoms with Gasteiger partial charge in [0.1, 0.15) is 0 Å². The molecule has 6 nitrogen and oxygen atoms in total. The molecule has 3 aromatic carbocycles. The van der Waals surface area contributed by atoms with Gasteiger partial charge in [-0.3, -0.25) is 14.4 Å². The molecule has 2 aliphatic heterocycles. The Morgan fingerprint density at radius 1 is 0.829 bits per heavy atom. The van der Waals surface area contributed by atoms with Crippen LogP contribution in [0.1, 0.15) is 49.5 Å². The predicted octanol–water partition coefficient (Wildman–Crippen LogP) is 5.36. The first-order valence-corrected chi connectivity index (χ1v) is 11.1. The van der Waals surface area contributed by atoms with E-state index >= 15 is 0 Å². The zero-order chi connectivity index (χ0) is 24.7. The second kappa shape index (κ2) is 8.57. The van der Waals surface area contributed by atoms with E-state index in [1.54, 1.807) is 24.3 Å². The maximum absolute atomic E-state index is 13.3. The monoisotopic (exact) mass is 479 g/mol. The zero-order valence-electron chi connectivity index (χ0n) is 18.4. The Bertz CT molecular complexity index is 1290. The van der Waals surface area contributed by atoms with Crippen molar-refractivity contribution in [2.24, 2.45) is 0 Å². The number of hydrogen-bond acceptors (Lipinski definition) is 4. The Balaban J connectivity index is 1.39. The quantitative estimate of drug-likeness (QED) is 0.512. The first kappa shape index (κ1) is 22.6. The van der Waals surface area contributed by atoms with Gasteiger partial charge in [0.25, 0.3) is 17.7 Å². The Kier molecular flexibility index (Phi) is 5.55. The van der Waals surface area contributed by atoms with Crippen molar-refractivity contribution >= 4 is 34.8 Å². The molecule has 0 bridgehead atoms. The Hall–Kier alpha value is -4.14. The summed E-state index contributed by atoms with van der Waals surface area (Å²) in [5, 5.41) is 2.61. The van der Waals surface area contributed by atoms with Crippen molar-refractivity contribution in [3.63, 3.8) is 0 Å². The Morgan fingerprint density at radius 2 is 1.43 bits per heavy atom. The lowest BCUT2D eigenvalue weighted by Gasteiger charge is -2.23. The minimum Gasteiger partial charge on any atom is -0.370 e. The fraction of sp³-hybridized carbons (Fsp3) is 0.192. The van der Waals surface area contributed by atoms with Crippen LogP contribution < -0.4 is 15.1 Å². The van der Waals surface area contributed by atoms with E-state index in [9.17, 15) is 27.6 Å². The fourth-order valence-corrected chi connectivity index (χ4v) is 4.43. The van der Waals surface area contributed by atoms with Gasteiger partial charge in [-0.1, -0.05) is 12.1 Å². The molecule has 0 atom stereocenters. The molecule has 2 heterocycles. The normalized spacial score (nSPS) is 15.5. The largest absolute Gasteiger partial charge is 0.416 e. The first-order chi connectivity index (χ1) is 16.7. The van der Waals surface area contributed by atoms with E-state index in [0.717, 1.165) is 29.9 Å². The van der Waals surface area contributed by atoms with Gasteiger partial charge in [-0.15, -0.1) is 0 Å². The van der Waals surface area contributed by atoms with Crippen LogP contribution in [0.5, 0.6) is 0 Å². The number of anilines is 3. The van der Waals surface area contributed by atoms with E-state index in [2.05, 4.69) is 5.32 Å². The number of nitrogens with one attached hydrogen (secondary N) is 1. The van der Waals surface area contributed by atoms with Gasteiger partial charge >= 0.3 is 6.18 Å². The lowest BCUT2D eigenvalue weighted by Crippen LogP contribution is -2.29. The number of carbonyl (C=O) groups is 3. The van der Waals surface area contributed by atoms with Crippen molar-refractivity contribution in [1.29, 1.82) is 0 Å². The van der Waals surface area contributed by atoms with Crippen molar-refractivity contribution in [3.8, 4) is 0 Å². The molecule has 1 fully saturated rings. The summed E-state index contributed by atoms with van der Waals surface area (Å²) in [5.41, 5.74) is 0.843. The van der Waals surface area contributed by atoms with E-state index in [-0.39, 0.29) is 11.3 Å². The lowest BCUT2D eigenvalue weighted by molar-refractivity contribution is -0.137. The number of alkyl halides is 3. The molecule has 0 aromatic heterocycles. The van der Waals surface area contributed by atoms with Crippen LogP contribution in [0.4, 0.5) is 30.2 Å². The number of carbonyl (C=O) groups excluding carboxylic acids is 3. The summed E-state index contributed by atoms with van der Waals surface area (Å²) in [4.78, 5) is 41.2. The van der Waals surface area contributed by atoms with Gasteiger partial charge < -0.3 is 10.2 Å². The highest BCUT2D eigenvalue weighted by molar-refractivity contribution is 6.34. The number of benzene rings is 3. The summed E-state index contributed by atoms with van der Waals surface area (Å²) in [6.07, 6.45) is -2.70. The number of halogens is 3. The molecule has 9 heteroatoms.